The number of carbonyl (C=O) groups is 2. The molecule has 0 bridgehead atoms. The summed E-state index contributed by atoms with van der Waals surface area (Å²) in [5.41, 5.74) is 0.899. The van der Waals surface area contributed by atoms with E-state index >= 15 is 0 Å². The van der Waals surface area contributed by atoms with Gasteiger partial charge in [0.05, 0.1) is 17.3 Å². The molecule has 32 heavy (non-hydrogen) atoms. The van der Waals surface area contributed by atoms with E-state index in [1.807, 2.05) is 13.8 Å². The fourth-order valence-electron chi connectivity index (χ4n) is 3.84. The maximum Gasteiger partial charge on any atom is 0.251 e. The Morgan fingerprint density at radius 1 is 0.969 bits per heavy atom. The van der Waals surface area contributed by atoms with Crippen LogP contribution >= 0.6 is 0 Å². The number of anilines is 1. The van der Waals surface area contributed by atoms with Crippen LogP contribution in [0.2, 0.25) is 0 Å². The lowest BCUT2D eigenvalue weighted by atomic mass is 10.0. The van der Waals surface area contributed by atoms with Gasteiger partial charge in [-0.3, -0.25) is 9.59 Å². The molecule has 2 aromatic rings. The molecule has 1 saturated carbocycles. The smallest absolute Gasteiger partial charge is 0.251 e. The lowest BCUT2D eigenvalue weighted by Crippen LogP contribution is -2.47. The van der Waals surface area contributed by atoms with Crippen LogP contribution in [-0.4, -0.2) is 38.6 Å². The minimum atomic E-state index is -3.34. The molecule has 0 aromatic heterocycles. The number of amides is 2. The highest BCUT2D eigenvalue weighted by molar-refractivity contribution is 7.92. The van der Waals surface area contributed by atoms with Gasteiger partial charge in [-0.25, -0.2) is 8.42 Å². The van der Waals surface area contributed by atoms with Gasteiger partial charge in [0.25, 0.3) is 5.91 Å². The molecule has 0 aliphatic heterocycles. The summed E-state index contributed by atoms with van der Waals surface area (Å²) in [6.07, 6.45) is 3.28. The topological polar surface area (TPSA) is 102 Å². The molecule has 0 heterocycles. The minimum Gasteiger partial charge on any atom is -0.497 e. The molecular formula is C24H30N2O5S. The largest absolute Gasteiger partial charge is 0.497 e. The summed E-state index contributed by atoms with van der Waals surface area (Å²) >= 11 is 0. The zero-order valence-electron chi connectivity index (χ0n) is 18.6. The first-order valence-electron chi connectivity index (χ1n) is 10.8. The second-order valence-electron chi connectivity index (χ2n) is 8.39. The van der Waals surface area contributed by atoms with Gasteiger partial charge in [-0.1, -0.05) is 26.7 Å². The van der Waals surface area contributed by atoms with Crippen LogP contribution in [0.15, 0.2) is 53.4 Å². The maximum atomic E-state index is 12.8. The van der Waals surface area contributed by atoms with Crippen molar-refractivity contribution >= 4 is 27.3 Å². The molecule has 1 fully saturated rings. The highest BCUT2D eigenvalue weighted by Gasteiger charge is 2.30. The number of methoxy groups -OCH3 is 1. The third-order valence-corrected chi connectivity index (χ3v) is 8.06. The number of sulfone groups is 1. The van der Waals surface area contributed by atoms with Crippen molar-refractivity contribution in [1.82, 2.24) is 5.32 Å². The van der Waals surface area contributed by atoms with Crippen molar-refractivity contribution in [2.24, 2.45) is 5.92 Å². The molecule has 1 atom stereocenters. The van der Waals surface area contributed by atoms with Crippen molar-refractivity contribution in [2.75, 3.05) is 12.4 Å². The molecule has 8 heteroatoms. The highest BCUT2D eigenvalue weighted by atomic mass is 32.2. The van der Waals surface area contributed by atoms with Crippen molar-refractivity contribution in [3.63, 3.8) is 0 Å². The average Bonchev–Trinajstić information content (AvgIpc) is 3.33. The lowest BCUT2D eigenvalue weighted by molar-refractivity contribution is -0.118. The van der Waals surface area contributed by atoms with Gasteiger partial charge >= 0.3 is 0 Å². The Kier molecular flexibility index (Phi) is 7.56. The average molecular weight is 459 g/mol. The number of carbonyl (C=O) groups excluding carboxylic acids is 2. The Bertz CT molecular complexity index is 1040. The summed E-state index contributed by atoms with van der Waals surface area (Å²) in [6.45, 7) is 3.69. The van der Waals surface area contributed by atoms with E-state index in [1.165, 1.54) is 12.1 Å². The van der Waals surface area contributed by atoms with Crippen LogP contribution in [0.1, 0.15) is 49.9 Å². The Morgan fingerprint density at radius 3 is 2.09 bits per heavy atom. The van der Waals surface area contributed by atoms with E-state index in [9.17, 15) is 18.0 Å². The Balaban J connectivity index is 1.67. The third-order valence-electron chi connectivity index (χ3n) is 5.78. The van der Waals surface area contributed by atoms with Gasteiger partial charge in [-0.2, -0.15) is 0 Å². The van der Waals surface area contributed by atoms with Crippen LogP contribution < -0.4 is 15.4 Å². The van der Waals surface area contributed by atoms with E-state index < -0.39 is 15.9 Å². The lowest BCUT2D eigenvalue weighted by Gasteiger charge is -2.22. The molecule has 1 unspecified atom stereocenters. The molecule has 7 nitrogen and oxygen atoms in total. The van der Waals surface area contributed by atoms with Gasteiger partial charge in [0.2, 0.25) is 5.91 Å². The molecule has 0 spiro atoms. The molecule has 2 aromatic carbocycles. The maximum absolute atomic E-state index is 12.8. The van der Waals surface area contributed by atoms with Gasteiger partial charge in [0.15, 0.2) is 9.84 Å². The molecule has 1 aliphatic rings. The summed E-state index contributed by atoms with van der Waals surface area (Å²) in [6, 6.07) is 12.1. The molecule has 0 saturated heterocycles. The van der Waals surface area contributed by atoms with E-state index in [2.05, 4.69) is 10.6 Å². The molecule has 172 valence electrons. The minimum absolute atomic E-state index is 0.154. The number of benzene rings is 2. The fourth-order valence-corrected chi connectivity index (χ4v) is 5.70. The number of hydrogen-bond acceptors (Lipinski definition) is 5. The summed E-state index contributed by atoms with van der Waals surface area (Å²) in [5.74, 6) is -0.245. The van der Waals surface area contributed by atoms with Crippen LogP contribution in [0.25, 0.3) is 0 Å². The van der Waals surface area contributed by atoms with Gasteiger partial charge in [-0.15, -0.1) is 0 Å². The van der Waals surface area contributed by atoms with Crippen LogP contribution in [0.4, 0.5) is 5.69 Å². The first-order valence-corrected chi connectivity index (χ1v) is 12.4. The zero-order valence-corrected chi connectivity index (χ0v) is 19.4. The number of nitrogens with one attached hydrogen (secondary N) is 2. The molecule has 3 rings (SSSR count). The SMILES string of the molecule is COc1ccc(C(=O)NC(C(=O)Nc2ccc(S(=O)(=O)C3CCCC3)cc2)C(C)C)cc1. The first kappa shape index (κ1) is 23.8. The summed E-state index contributed by atoms with van der Waals surface area (Å²) in [4.78, 5) is 25.7. The molecular weight excluding hydrogens is 428 g/mol. The molecule has 0 radical (unpaired) electrons. The molecule has 1 aliphatic carbocycles. The quantitative estimate of drug-likeness (QED) is 0.626. The number of ether oxygens (including phenoxy) is 1. The van der Waals surface area contributed by atoms with Gasteiger partial charge in [-0.05, 0) is 67.3 Å². The van der Waals surface area contributed by atoms with Crippen LogP contribution in [0.3, 0.4) is 0 Å². The standard InChI is InChI=1S/C24H30N2O5S/c1-16(2)22(26-23(27)17-8-12-19(31-3)13-9-17)24(28)25-18-10-14-21(15-11-18)32(29,30)20-6-4-5-7-20/h8-16,20,22H,4-7H2,1-3H3,(H,25,28)(H,26,27). The second-order valence-corrected chi connectivity index (χ2v) is 10.6. The van der Waals surface area contributed by atoms with Crippen LogP contribution in [0.5, 0.6) is 5.75 Å². The predicted octanol–water partition coefficient (Wildman–Crippen LogP) is 3.80. The number of rotatable bonds is 8. The Labute approximate surface area is 189 Å². The highest BCUT2D eigenvalue weighted by Crippen LogP contribution is 2.30. The van der Waals surface area contributed by atoms with E-state index in [-0.39, 0.29) is 27.9 Å². The van der Waals surface area contributed by atoms with Crippen molar-refractivity contribution in [3.05, 3.63) is 54.1 Å². The van der Waals surface area contributed by atoms with Crippen molar-refractivity contribution < 1.29 is 22.7 Å². The summed E-state index contributed by atoms with van der Waals surface area (Å²) < 4.78 is 30.5. The third kappa shape index (κ3) is 5.48. The summed E-state index contributed by atoms with van der Waals surface area (Å²) in [5, 5.41) is 5.24. The van der Waals surface area contributed by atoms with Gasteiger partial charge in [0.1, 0.15) is 11.8 Å². The Morgan fingerprint density at radius 2 is 1.56 bits per heavy atom. The molecule has 2 amide bonds. The normalized spacial score (nSPS) is 15.4. The summed E-state index contributed by atoms with van der Waals surface area (Å²) in [7, 11) is -1.80. The van der Waals surface area contributed by atoms with Crippen molar-refractivity contribution in [1.29, 1.82) is 0 Å². The monoisotopic (exact) mass is 458 g/mol. The first-order chi connectivity index (χ1) is 15.2. The van der Waals surface area contributed by atoms with E-state index in [1.54, 1.807) is 43.5 Å². The Hall–Kier alpha value is -2.87. The predicted molar refractivity (Wildman–Crippen MR) is 124 cm³/mol. The van der Waals surface area contributed by atoms with E-state index in [4.69, 9.17) is 4.74 Å². The van der Waals surface area contributed by atoms with Crippen LogP contribution in [0, 0.1) is 5.92 Å². The van der Waals surface area contributed by atoms with Crippen molar-refractivity contribution in [3.8, 4) is 5.75 Å². The van der Waals surface area contributed by atoms with Gasteiger partial charge < -0.3 is 15.4 Å². The van der Waals surface area contributed by atoms with Crippen molar-refractivity contribution in [2.45, 2.75) is 55.7 Å². The van der Waals surface area contributed by atoms with E-state index in [0.29, 0.717) is 29.8 Å². The molecule has 2 N–H and O–H groups in total. The second kappa shape index (κ2) is 10.2. The zero-order chi connectivity index (χ0) is 23.3. The van der Waals surface area contributed by atoms with Gasteiger partial charge in [0, 0.05) is 11.3 Å². The number of hydrogen-bond donors (Lipinski definition) is 2. The fraction of sp³-hybridized carbons (Fsp3) is 0.417. The van der Waals surface area contributed by atoms with E-state index in [0.717, 1.165) is 12.8 Å². The van der Waals surface area contributed by atoms with Crippen LogP contribution in [-0.2, 0) is 14.6 Å².